The minimum atomic E-state index is -0.283. The van der Waals surface area contributed by atoms with Gasteiger partial charge < -0.3 is 5.32 Å². The van der Waals surface area contributed by atoms with Crippen molar-refractivity contribution in [2.75, 3.05) is 5.32 Å². The van der Waals surface area contributed by atoms with E-state index in [-0.39, 0.29) is 5.82 Å². The lowest BCUT2D eigenvalue weighted by molar-refractivity contribution is 0.620. The standard InChI is InChI=1S/C15H14BrClFN3/c1-7-5-11(18)10(16)6-12(7)19-14-8(2)13(17)20-15(21-14)9-3-4-9/h5-6,9H,3-4H2,1-2H3,(H,19,20,21). The molecule has 0 amide bonds. The number of aromatic nitrogens is 2. The highest BCUT2D eigenvalue weighted by atomic mass is 79.9. The summed E-state index contributed by atoms with van der Waals surface area (Å²) in [5.41, 5.74) is 2.39. The number of anilines is 2. The molecule has 21 heavy (non-hydrogen) atoms. The first-order valence-corrected chi connectivity index (χ1v) is 7.89. The van der Waals surface area contributed by atoms with E-state index in [0.29, 0.717) is 21.4 Å². The van der Waals surface area contributed by atoms with Crippen LogP contribution in [0.2, 0.25) is 5.15 Å². The first kappa shape index (κ1) is 14.7. The van der Waals surface area contributed by atoms with Gasteiger partial charge in [0, 0.05) is 17.2 Å². The fraction of sp³-hybridized carbons (Fsp3) is 0.333. The lowest BCUT2D eigenvalue weighted by atomic mass is 10.2. The normalized spacial score (nSPS) is 14.3. The predicted molar refractivity (Wildman–Crippen MR) is 85.9 cm³/mol. The van der Waals surface area contributed by atoms with Crippen molar-refractivity contribution in [1.29, 1.82) is 0 Å². The highest BCUT2D eigenvalue weighted by Crippen LogP contribution is 2.40. The molecule has 1 saturated carbocycles. The highest BCUT2D eigenvalue weighted by molar-refractivity contribution is 9.10. The Labute approximate surface area is 136 Å². The van der Waals surface area contributed by atoms with Gasteiger partial charge in [-0.25, -0.2) is 14.4 Å². The van der Waals surface area contributed by atoms with Crippen molar-refractivity contribution >= 4 is 39.0 Å². The monoisotopic (exact) mass is 369 g/mol. The van der Waals surface area contributed by atoms with Crippen LogP contribution in [0.5, 0.6) is 0 Å². The summed E-state index contributed by atoms with van der Waals surface area (Å²) >= 11 is 9.39. The first-order valence-electron chi connectivity index (χ1n) is 6.72. The smallest absolute Gasteiger partial charge is 0.138 e. The molecule has 0 bridgehead atoms. The average Bonchev–Trinajstić information content (AvgIpc) is 3.25. The Hall–Kier alpha value is -1.20. The number of rotatable bonds is 3. The van der Waals surface area contributed by atoms with Gasteiger partial charge >= 0.3 is 0 Å². The van der Waals surface area contributed by atoms with Crippen molar-refractivity contribution in [1.82, 2.24) is 9.97 Å². The third-order valence-corrected chi connectivity index (χ3v) is 4.54. The molecule has 0 spiro atoms. The van der Waals surface area contributed by atoms with Crippen molar-refractivity contribution in [2.24, 2.45) is 0 Å². The molecule has 1 aromatic carbocycles. The molecule has 1 aromatic heterocycles. The molecule has 0 unspecified atom stereocenters. The molecule has 0 radical (unpaired) electrons. The van der Waals surface area contributed by atoms with Gasteiger partial charge in [0.1, 0.15) is 22.6 Å². The van der Waals surface area contributed by atoms with Crippen LogP contribution in [0.15, 0.2) is 16.6 Å². The third-order valence-electron chi connectivity index (χ3n) is 3.57. The summed E-state index contributed by atoms with van der Waals surface area (Å²) in [7, 11) is 0. The van der Waals surface area contributed by atoms with Crippen molar-refractivity contribution in [2.45, 2.75) is 32.6 Å². The molecule has 3 rings (SSSR count). The van der Waals surface area contributed by atoms with E-state index < -0.39 is 0 Å². The Morgan fingerprint density at radius 1 is 1.29 bits per heavy atom. The molecule has 1 fully saturated rings. The Bertz CT molecular complexity index is 717. The molecule has 3 nitrogen and oxygen atoms in total. The van der Waals surface area contributed by atoms with E-state index in [2.05, 4.69) is 31.2 Å². The minimum absolute atomic E-state index is 0.283. The molecule has 1 aliphatic carbocycles. The quantitative estimate of drug-likeness (QED) is 0.748. The van der Waals surface area contributed by atoms with Crippen LogP contribution in [0, 0.1) is 19.7 Å². The Kier molecular flexibility index (Phi) is 3.88. The van der Waals surface area contributed by atoms with Gasteiger partial charge in [0.25, 0.3) is 0 Å². The maximum atomic E-state index is 13.5. The molecule has 0 aliphatic heterocycles. The summed E-state index contributed by atoms with van der Waals surface area (Å²) in [5.74, 6) is 1.60. The lowest BCUT2D eigenvalue weighted by Gasteiger charge is -2.14. The summed E-state index contributed by atoms with van der Waals surface area (Å²) in [6.45, 7) is 3.72. The topological polar surface area (TPSA) is 37.8 Å². The molecule has 1 heterocycles. The fourth-order valence-electron chi connectivity index (χ4n) is 2.06. The van der Waals surface area contributed by atoms with E-state index in [0.717, 1.165) is 35.5 Å². The van der Waals surface area contributed by atoms with E-state index in [1.807, 2.05) is 13.8 Å². The number of halogens is 3. The summed E-state index contributed by atoms with van der Waals surface area (Å²) in [6, 6.07) is 3.18. The lowest BCUT2D eigenvalue weighted by Crippen LogP contribution is -2.04. The van der Waals surface area contributed by atoms with Crippen molar-refractivity contribution in [3.63, 3.8) is 0 Å². The summed E-state index contributed by atoms with van der Waals surface area (Å²) in [6.07, 6.45) is 2.22. The van der Waals surface area contributed by atoms with Gasteiger partial charge in [-0.05, 0) is 60.3 Å². The van der Waals surface area contributed by atoms with Crippen LogP contribution in [0.1, 0.15) is 35.7 Å². The van der Waals surface area contributed by atoms with Gasteiger partial charge in [-0.15, -0.1) is 0 Å². The number of aryl methyl sites for hydroxylation is 1. The first-order chi connectivity index (χ1) is 9.95. The third kappa shape index (κ3) is 3.04. The molecule has 1 N–H and O–H groups in total. The minimum Gasteiger partial charge on any atom is -0.340 e. The Morgan fingerprint density at radius 2 is 2.00 bits per heavy atom. The summed E-state index contributed by atoms with van der Waals surface area (Å²) in [5, 5.41) is 3.71. The van der Waals surface area contributed by atoms with Gasteiger partial charge in [0.05, 0.1) is 4.47 Å². The van der Waals surface area contributed by atoms with E-state index in [9.17, 15) is 4.39 Å². The van der Waals surface area contributed by atoms with Gasteiger partial charge in [-0.1, -0.05) is 11.6 Å². The zero-order valence-electron chi connectivity index (χ0n) is 11.7. The number of benzene rings is 1. The molecule has 2 aromatic rings. The zero-order valence-corrected chi connectivity index (χ0v) is 14.0. The predicted octanol–water partition coefficient (Wildman–Crippen LogP) is 5.27. The SMILES string of the molecule is Cc1cc(F)c(Br)cc1Nc1nc(C2CC2)nc(Cl)c1C. The van der Waals surface area contributed by atoms with Crippen molar-refractivity contribution in [3.05, 3.63) is 44.5 Å². The van der Waals surface area contributed by atoms with Crippen molar-refractivity contribution < 1.29 is 4.39 Å². The number of nitrogens with one attached hydrogen (secondary N) is 1. The molecular weight excluding hydrogens is 357 g/mol. The van der Waals surface area contributed by atoms with Gasteiger partial charge in [0.15, 0.2) is 0 Å². The molecule has 6 heteroatoms. The molecule has 0 saturated heterocycles. The largest absolute Gasteiger partial charge is 0.340 e. The highest BCUT2D eigenvalue weighted by Gasteiger charge is 2.28. The Morgan fingerprint density at radius 3 is 2.67 bits per heavy atom. The molecule has 1 aliphatic rings. The van der Waals surface area contributed by atoms with Crippen molar-refractivity contribution in [3.8, 4) is 0 Å². The zero-order chi connectivity index (χ0) is 15.1. The number of hydrogen-bond donors (Lipinski definition) is 1. The Balaban J connectivity index is 1.99. The van der Waals surface area contributed by atoms with E-state index >= 15 is 0 Å². The van der Waals surface area contributed by atoms with Crippen LogP contribution >= 0.6 is 27.5 Å². The molecule has 110 valence electrons. The maximum Gasteiger partial charge on any atom is 0.138 e. The van der Waals surface area contributed by atoms with E-state index in [4.69, 9.17) is 11.6 Å². The maximum absolute atomic E-state index is 13.5. The van der Waals surface area contributed by atoms with Crippen LogP contribution in [0.3, 0.4) is 0 Å². The second kappa shape index (κ2) is 5.54. The average molecular weight is 371 g/mol. The van der Waals surface area contributed by atoms with Crippen LogP contribution in [0.25, 0.3) is 0 Å². The number of nitrogens with zero attached hydrogens (tertiary/aromatic N) is 2. The molecular formula is C15H14BrClFN3. The van der Waals surface area contributed by atoms with Gasteiger partial charge in [0.2, 0.25) is 0 Å². The van der Waals surface area contributed by atoms with E-state index in [1.54, 1.807) is 6.07 Å². The second-order valence-corrected chi connectivity index (χ2v) is 6.54. The van der Waals surface area contributed by atoms with Crippen LogP contribution < -0.4 is 5.32 Å². The summed E-state index contributed by atoms with van der Waals surface area (Å²) < 4.78 is 13.9. The van der Waals surface area contributed by atoms with Crippen LogP contribution in [0.4, 0.5) is 15.9 Å². The fourth-order valence-corrected chi connectivity index (χ4v) is 2.58. The summed E-state index contributed by atoms with van der Waals surface area (Å²) in [4.78, 5) is 8.90. The van der Waals surface area contributed by atoms with Crippen LogP contribution in [-0.4, -0.2) is 9.97 Å². The van der Waals surface area contributed by atoms with Gasteiger partial charge in [-0.2, -0.15) is 0 Å². The second-order valence-electron chi connectivity index (χ2n) is 5.33. The van der Waals surface area contributed by atoms with E-state index in [1.165, 1.54) is 6.07 Å². The molecule has 0 atom stereocenters. The van der Waals surface area contributed by atoms with Gasteiger partial charge in [-0.3, -0.25) is 0 Å². The number of hydrogen-bond acceptors (Lipinski definition) is 3. The van der Waals surface area contributed by atoms with Crippen LogP contribution in [-0.2, 0) is 0 Å².